The molecule has 0 unspecified atom stereocenters. The summed E-state index contributed by atoms with van der Waals surface area (Å²) in [7, 11) is 0. The number of rotatable bonds is 2. The van der Waals surface area contributed by atoms with Gasteiger partial charge in [-0.15, -0.1) is 0 Å². The van der Waals surface area contributed by atoms with E-state index in [-0.39, 0.29) is 0 Å². The predicted molar refractivity (Wildman–Crippen MR) is 79.0 cm³/mol. The molecule has 0 N–H and O–H groups in total. The first kappa shape index (κ1) is 12.3. The van der Waals surface area contributed by atoms with E-state index in [0.29, 0.717) is 5.02 Å². The van der Waals surface area contributed by atoms with Crippen molar-refractivity contribution in [3.05, 3.63) is 71.0 Å². The highest BCUT2D eigenvalue weighted by atomic mass is 35.5. The van der Waals surface area contributed by atoms with Gasteiger partial charge < -0.3 is 0 Å². The van der Waals surface area contributed by atoms with Crippen molar-refractivity contribution in [3.8, 4) is 16.8 Å². The van der Waals surface area contributed by atoms with Crippen LogP contribution in [0.4, 0.5) is 0 Å². The lowest BCUT2D eigenvalue weighted by molar-refractivity contribution is 0.881. The molecule has 0 spiro atoms. The molecule has 0 radical (unpaired) electrons. The molecule has 2 nitrogen and oxygen atoms in total. The number of hydrogen-bond acceptors (Lipinski definition) is 1. The maximum atomic E-state index is 5.99. The Hall–Kier alpha value is -1.77. The van der Waals surface area contributed by atoms with Gasteiger partial charge in [0.2, 0.25) is 0 Å². The van der Waals surface area contributed by atoms with Gasteiger partial charge in [0.1, 0.15) is 0 Å². The summed E-state index contributed by atoms with van der Waals surface area (Å²) >= 11 is 11.9. The molecule has 3 aromatic rings. The summed E-state index contributed by atoms with van der Waals surface area (Å²) in [6.07, 6.45) is 3.79. The zero-order chi connectivity index (χ0) is 13.2. The Morgan fingerprint density at radius 3 is 2.37 bits per heavy atom. The highest BCUT2D eigenvalue weighted by Gasteiger charge is 2.03. The molecule has 19 heavy (non-hydrogen) atoms. The summed E-state index contributed by atoms with van der Waals surface area (Å²) in [6, 6.07) is 15.3. The molecule has 0 saturated heterocycles. The maximum Gasteiger partial charge on any atom is 0.0646 e. The first-order valence-corrected chi connectivity index (χ1v) is 6.54. The van der Waals surface area contributed by atoms with Crippen molar-refractivity contribution in [2.24, 2.45) is 0 Å². The van der Waals surface area contributed by atoms with E-state index in [9.17, 15) is 0 Å². The maximum absolute atomic E-state index is 5.99. The Balaban J connectivity index is 1.97. The van der Waals surface area contributed by atoms with Crippen LogP contribution in [0.3, 0.4) is 0 Å². The van der Waals surface area contributed by atoms with Crippen LogP contribution in [0, 0.1) is 0 Å². The summed E-state index contributed by atoms with van der Waals surface area (Å²) in [5.74, 6) is 0. The van der Waals surface area contributed by atoms with E-state index in [1.165, 1.54) is 0 Å². The molecule has 3 rings (SSSR count). The molecular weight excluding hydrogens is 279 g/mol. The summed E-state index contributed by atoms with van der Waals surface area (Å²) in [5.41, 5.74) is 3.04. The third-order valence-electron chi connectivity index (χ3n) is 2.83. The van der Waals surface area contributed by atoms with Gasteiger partial charge in [0.15, 0.2) is 0 Å². The number of halogens is 2. The quantitative estimate of drug-likeness (QED) is 0.659. The van der Waals surface area contributed by atoms with Crippen molar-refractivity contribution in [2.45, 2.75) is 0 Å². The second kappa shape index (κ2) is 5.08. The lowest BCUT2D eigenvalue weighted by Gasteiger charge is -2.00. The Morgan fingerprint density at radius 2 is 1.63 bits per heavy atom. The summed E-state index contributed by atoms with van der Waals surface area (Å²) in [6.45, 7) is 0. The van der Waals surface area contributed by atoms with Crippen molar-refractivity contribution >= 4 is 23.2 Å². The molecule has 1 aromatic heterocycles. The number of benzene rings is 2. The van der Waals surface area contributed by atoms with Crippen LogP contribution in [0.2, 0.25) is 10.0 Å². The summed E-state index contributed by atoms with van der Waals surface area (Å²) in [5, 5.41) is 5.79. The lowest BCUT2D eigenvalue weighted by Crippen LogP contribution is -1.92. The SMILES string of the molecule is Clc1ccc(-n2cc(-c3cccc(Cl)c3)cn2)cc1. The molecule has 0 aliphatic rings. The van der Waals surface area contributed by atoms with Crippen molar-refractivity contribution in [2.75, 3.05) is 0 Å². The Bertz CT molecular complexity index is 702. The average molecular weight is 289 g/mol. The van der Waals surface area contributed by atoms with E-state index in [1.807, 2.05) is 65.6 Å². The van der Waals surface area contributed by atoms with Crippen molar-refractivity contribution in [1.29, 1.82) is 0 Å². The molecule has 1 heterocycles. The van der Waals surface area contributed by atoms with E-state index < -0.39 is 0 Å². The Labute approximate surface area is 121 Å². The fraction of sp³-hybridized carbons (Fsp3) is 0. The van der Waals surface area contributed by atoms with E-state index in [0.717, 1.165) is 21.8 Å². The molecule has 0 amide bonds. The third kappa shape index (κ3) is 2.65. The third-order valence-corrected chi connectivity index (χ3v) is 3.32. The number of nitrogens with zero attached hydrogens (tertiary/aromatic N) is 2. The first-order chi connectivity index (χ1) is 9.22. The summed E-state index contributed by atoms with van der Waals surface area (Å²) < 4.78 is 1.81. The van der Waals surface area contributed by atoms with Gasteiger partial charge in [-0.1, -0.05) is 35.3 Å². The van der Waals surface area contributed by atoms with Crippen LogP contribution < -0.4 is 0 Å². The Kier molecular flexibility index (Phi) is 3.28. The van der Waals surface area contributed by atoms with Gasteiger partial charge in [0.25, 0.3) is 0 Å². The molecule has 94 valence electrons. The van der Waals surface area contributed by atoms with Gasteiger partial charge in [-0.25, -0.2) is 4.68 Å². The highest BCUT2D eigenvalue weighted by Crippen LogP contribution is 2.23. The smallest absolute Gasteiger partial charge is 0.0646 e. The monoisotopic (exact) mass is 288 g/mol. The molecule has 0 aliphatic carbocycles. The fourth-order valence-corrected chi connectivity index (χ4v) is 2.19. The van der Waals surface area contributed by atoms with Crippen LogP contribution in [0.15, 0.2) is 60.9 Å². The van der Waals surface area contributed by atoms with Crippen LogP contribution in [0.5, 0.6) is 0 Å². The van der Waals surface area contributed by atoms with E-state index in [2.05, 4.69) is 5.10 Å². The van der Waals surface area contributed by atoms with Gasteiger partial charge in [-0.2, -0.15) is 5.10 Å². The van der Waals surface area contributed by atoms with Crippen molar-refractivity contribution in [1.82, 2.24) is 9.78 Å². The van der Waals surface area contributed by atoms with Crippen LogP contribution in [0.1, 0.15) is 0 Å². The molecule has 0 atom stereocenters. The lowest BCUT2D eigenvalue weighted by atomic mass is 10.1. The standard InChI is InChI=1S/C15H10Cl2N2/c16-13-4-6-15(7-5-13)19-10-12(9-18-19)11-2-1-3-14(17)8-11/h1-10H. The van der Waals surface area contributed by atoms with Crippen LogP contribution >= 0.6 is 23.2 Å². The van der Waals surface area contributed by atoms with E-state index in [1.54, 1.807) is 0 Å². The molecule has 0 fully saturated rings. The zero-order valence-corrected chi connectivity index (χ0v) is 11.4. The largest absolute Gasteiger partial charge is 0.240 e. The topological polar surface area (TPSA) is 17.8 Å². The van der Waals surface area contributed by atoms with Crippen LogP contribution in [-0.4, -0.2) is 9.78 Å². The zero-order valence-electron chi connectivity index (χ0n) is 9.92. The minimum Gasteiger partial charge on any atom is -0.240 e. The fourth-order valence-electron chi connectivity index (χ4n) is 1.87. The van der Waals surface area contributed by atoms with Crippen LogP contribution in [-0.2, 0) is 0 Å². The number of aromatic nitrogens is 2. The minimum atomic E-state index is 0.714. The Morgan fingerprint density at radius 1 is 0.842 bits per heavy atom. The van der Waals surface area contributed by atoms with E-state index >= 15 is 0 Å². The van der Waals surface area contributed by atoms with Gasteiger partial charge in [0, 0.05) is 21.8 Å². The second-order valence-electron chi connectivity index (χ2n) is 4.16. The molecule has 0 saturated carbocycles. The summed E-state index contributed by atoms with van der Waals surface area (Å²) in [4.78, 5) is 0. The van der Waals surface area contributed by atoms with Gasteiger partial charge in [-0.3, -0.25) is 0 Å². The first-order valence-electron chi connectivity index (χ1n) is 5.79. The second-order valence-corrected chi connectivity index (χ2v) is 5.03. The molecule has 0 aliphatic heterocycles. The van der Waals surface area contributed by atoms with Crippen molar-refractivity contribution in [3.63, 3.8) is 0 Å². The van der Waals surface area contributed by atoms with Gasteiger partial charge in [-0.05, 0) is 42.0 Å². The van der Waals surface area contributed by atoms with E-state index in [4.69, 9.17) is 23.2 Å². The molecule has 2 aromatic carbocycles. The molecule has 4 heteroatoms. The normalized spacial score (nSPS) is 10.6. The van der Waals surface area contributed by atoms with Gasteiger partial charge >= 0.3 is 0 Å². The van der Waals surface area contributed by atoms with Gasteiger partial charge in [0.05, 0.1) is 11.9 Å². The minimum absolute atomic E-state index is 0.714. The highest BCUT2D eigenvalue weighted by molar-refractivity contribution is 6.31. The predicted octanol–water partition coefficient (Wildman–Crippen LogP) is 4.85. The average Bonchev–Trinajstić information content (AvgIpc) is 2.89. The van der Waals surface area contributed by atoms with Crippen LogP contribution in [0.25, 0.3) is 16.8 Å². The van der Waals surface area contributed by atoms with Crippen molar-refractivity contribution < 1.29 is 0 Å². The molecular formula is C15H10Cl2N2. The number of hydrogen-bond donors (Lipinski definition) is 0. The molecule has 0 bridgehead atoms.